The van der Waals surface area contributed by atoms with E-state index < -0.39 is 0 Å². The molecule has 0 spiro atoms. The minimum Gasteiger partial charge on any atom is -0.333 e. The van der Waals surface area contributed by atoms with Crippen LogP contribution in [-0.2, 0) is 0 Å². The molecule has 76 valence electrons. The fourth-order valence-electron chi connectivity index (χ4n) is 1.44. The third-order valence-electron chi connectivity index (χ3n) is 2.09. The maximum atomic E-state index is 7.32. The number of nitrogens with zero attached hydrogens (tertiary/aromatic N) is 1. The Labute approximate surface area is 90.0 Å². The Bertz CT molecular complexity index is 323. The van der Waals surface area contributed by atoms with E-state index in [-0.39, 0.29) is 0 Å². The molecule has 0 heterocycles. The van der Waals surface area contributed by atoms with E-state index in [0.29, 0.717) is 0 Å². The number of anilines is 1. The number of rotatable bonds is 4. The van der Waals surface area contributed by atoms with Crippen molar-refractivity contribution >= 4 is 23.6 Å². The Kier molecular flexibility index (Phi) is 3.96. The Hall–Kier alpha value is -1.02. The Morgan fingerprint density at radius 1 is 1.50 bits per heavy atom. The normalized spacial score (nSPS) is 9.93. The van der Waals surface area contributed by atoms with Gasteiger partial charge in [-0.25, -0.2) is 0 Å². The molecule has 0 atom stereocenters. The molecule has 1 aromatic carbocycles. The predicted molar refractivity (Wildman–Crippen MR) is 62.6 cm³/mol. The van der Waals surface area contributed by atoms with Gasteiger partial charge in [-0.2, -0.15) is 0 Å². The molecule has 0 aliphatic heterocycles. The Morgan fingerprint density at radius 2 is 2.21 bits per heavy atom. The summed E-state index contributed by atoms with van der Waals surface area (Å²) in [5, 5.41) is 8.06. The van der Waals surface area contributed by atoms with Gasteiger partial charge >= 0.3 is 0 Å². The van der Waals surface area contributed by atoms with E-state index in [1.165, 1.54) is 6.34 Å². The lowest BCUT2D eigenvalue weighted by Gasteiger charge is -2.20. The molecule has 0 fully saturated rings. The maximum absolute atomic E-state index is 7.32. The van der Waals surface area contributed by atoms with Crippen molar-refractivity contribution in [3.8, 4) is 0 Å². The van der Waals surface area contributed by atoms with Crippen LogP contribution < -0.4 is 4.90 Å². The summed E-state index contributed by atoms with van der Waals surface area (Å²) >= 11 is 5.87. The molecule has 0 amide bonds. The van der Waals surface area contributed by atoms with Gasteiger partial charge < -0.3 is 4.90 Å². The van der Waals surface area contributed by atoms with Crippen molar-refractivity contribution < 1.29 is 0 Å². The molecule has 0 aliphatic rings. The minimum absolute atomic E-state index is 0.743. The van der Waals surface area contributed by atoms with Gasteiger partial charge in [-0.3, -0.25) is 5.41 Å². The predicted octanol–water partition coefficient (Wildman–Crippen LogP) is 3.47. The van der Waals surface area contributed by atoms with E-state index in [0.717, 1.165) is 29.2 Å². The first-order valence-electron chi connectivity index (χ1n) is 4.72. The zero-order valence-corrected chi connectivity index (χ0v) is 9.30. The molecular formula is C11H15ClN2. The van der Waals surface area contributed by atoms with E-state index in [1.807, 2.05) is 30.0 Å². The second kappa shape index (κ2) is 5.01. The summed E-state index contributed by atoms with van der Waals surface area (Å²) in [4.78, 5) is 1.92. The first-order valence-corrected chi connectivity index (χ1v) is 5.10. The van der Waals surface area contributed by atoms with E-state index in [2.05, 4.69) is 6.92 Å². The third-order valence-corrected chi connectivity index (χ3v) is 2.32. The summed E-state index contributed by atoms with van der Waals surface area (Å²) in [6, 6.07) is 5.73. The first-order chi connectivity index (χ1) is 6.69. The molecule has 1 rings (SSSR count). The molecule has 1 aromatic rings. The molecule has 0 bridgehead atoms. The van der Waals surface area contributed by atoms with Crippen LogP contribution in [0.1, 0.15) is 18.9 Å². The first kappa shape index (κ1) is 11.1. The Balaban J connectivity index is 2.98. The largest absolute Gasteiger partial charge is 0.333 e. The highest BCUT2D eigenvalue weighted by atomic mass is 35.5. The van der Waals surface area contributed by atoms with Gasteiger partial charge in [-0.15, -0.1) is 0 Å². The van der Waals surface area contributed by atoms with Crippen LogP contribution in [0, 0.1) is 12.3 Å². The van der Waals surface area contributed by atoms with Crippen molar-refractivity contribution in [3.63, 3.8) is 0 Å². The highest BCUT2D eigenvalue weighted by Gasteiger charge is 2.05. The van der Waals surface area contributed by atoms with E-state index in [1.54, 1.807) is 0 Å². The summed E-state index contributed by atoms with van der Waals surface area (Å²) in [6.45, 7) is 4.97. The fourth-order valence-corrected chi connectivity index (χ4v) is 1.66. The lowest BCUT2D eigenvalue weighted by molar-refractivity contribution is 0.905. The topological polar surface area (TPSA) is 27.1 Å². The molecular weight excluding hydrogens is 196 g/mol. The number of benzene rings is 1. The molecule has 2 nitrogen and oxygen atoms in total. The third kappa shape index (κ3) is 2.48. The van der Waals surface area contributed by atoms with Gasteiger partial charge in [0.25, 0.3) is 0 Å². The standard InChI is InChI=1S/C11H15ClN2/c1-3-6-14(8-13)11-5-4-10(12)7-9(11)2/h4-5,7-8,13H,3,6H2,1-2H3. The van der Waals surface area contributed by atoms with Crippen molar-refractivity contribution in [2.24, 2.45) is 0 Å². The quantitative estimate of drug-likeness (QED) is 0.598. The number of halogens is 1. The van der Waals surface area contributed by atoms with Crippen LogP contribution >= 0.6 is 11.6 Å². The van der Waals surface area contributed by atoms with Crippen LogP contribution in [0.5, 0.6) is 0 Å². The second-order valence-corrected chi connectivity index (χ2v) is 3.69. The number of nitrogens with one attached hydrogen (secondary N) is 1. The molecule has 0 saturated carbocycles. The van der Waals surface area contributed by atoms with Crippen LogP contribution in [0.4, 0.5) is 5.69 Å². The van der Waals surface area contributed by atoms with Gasteiger partial charge in [0.15, 0.2) is 0 Å². The summed E-state index contributed by atoms with van der Waals surface area (Å²) in [5.41, 5.74) is 2.17. The van der Waals surface area contributed by atoms with Gasteiger partial charge in [-0.05, 0) is 37.1 Å². The average molecular weight is 211 g/mol. The molecule has 1 N–H and O–H groups in total. The summed E-state index contributed by atoms with van der Waals surface area (Å²) in [7, 11) is 0. The van der Waals surface area contributed by atoms with Crippen LogP contribution in [0.25, 0.3) is 0 Å². The summed E-state index contributed by atoms with van der Waals surface area (Å²) in [6.07, 6.45) is 2.39. The summed E-state index contributed by atoms with van der Waals surface area (Å²) in [5.74, 6) is 0. The number of hydrogen-bond donors (Lipinski definition) is 1. The van der Waals surface area contributed by atoms with E-state index in [4.69, 9.17) is 17.0 Å². The van der Waals surface area contributed by atoms with Gasteiger partial charge in [0.2, 0.25) is 0 Å². The van der Waals surface area contributed by atoms with Gasteiger partial charge in [0.1, 0.15) is 0 Å². The molecule has 3 heteroatoms. The highest BCUT2D eigenvalue weighted by molar-refractivity contribution is 6.30. The van der Waals surface area contributed by atoms with Crippen molar-refractivity contribution in [1.82, 2.24) is 0 Å². The maximum Gasteiger partial charge on any atom is 0.0861 e. The minimum atomic E-state index is 0.743. The monoisotopic (exact) mass is 210 g/mol. The van der Waals surface area contributed by atoms with Crippen molar-refractivity contribution in [2.45, 2.75) is 20.3 Å². The fraction of sp³-hybridized carbons (Fsp3) is 0.364. The van der Waals surface area contributed by atoms with Crippen LogP contribution in [0.15, 0.2) is 18.2 Å². The zero-order valence-electron chi connectivity index (χ0n) is 8.55. The SMILES string of the molecule is CCCN(C=N)c1ccc(Cl)cc1C. The molecule has 0 unspecified atom stereocenters. The highest BCUT2D eigenvalue weighted by Crippen LogP contribution is 2.22. The second-order valence-electron chi connectivity index (χ2n) is 3.25. The number of aryl methyl sites for hydroxylation is 1. The molecule has 0 aromatic heterocycles. The Morgan fingerprint density at radius 3 is 2.71 bits per heavy atom. The van der Waals surface area contributed by atoms with E-state index >= 15 is 0 Å². The number of hydrogen-bond acceptors (Lipinski definition) is 1. The average Bonchev–Trinajstić information content (AvgIpc) is 2.15. The zero-order chi connectivity index (χ0) is 10.6. The molecule has 14 heavy (non-hydrogen) atoms. The van der Waals surface area contributed by atoms with Crippen LogP contribution in [-0.4, -0.2) is 12.9 Å². The molecule has 0 radical (unpaired) electrons. The molecule has 0 aliphatic carbocycles. The lowest BCUT2D eigenvalue weighted by atomic mass is 10.2. The van der Waals surface area contributed by atoms with Gasteiger partial charge in [0.05, 0.1) is 6.34 Å². The van der Waals surface area contributed by atoms with Gasteiger partial charge in [0, 0.05) is 17.3 Å². The van der Waals surface area contributed by atoms with Crippen LogP contribution in [0.2, 0.25) is 5.02 Å². The van der Waals surface area contributed by atoms with Crippen molar-refractivity contribution in [3.05, 3.63) is 28.8 Å². The smallest absolute Gasteiger partial charge is 0.0861 e. The van der Waals surface area contributed by atoms with Crippen LogP contribution in [0.3, 0.4) is 0 Å². The van der Waals surface area contributed by atoms with Crippen molar-refractivity contribution in [1.29, 1.82) is 5.41 Å². The van der Waals surface area contributed by atoms with Crippen molar-refractivity contribution in [2.75, 3.05) is 11.4 Å². The molecule has 0 saturated heterocycles. The summed E-state index contributed by atoms with van der Waals surface area (Å²) < 4.78 is 0. The van der Waals surface area contributed by atoms with Gasteiger partial charge in [-0.1, -0.05) is 18.5 Å². The van der Waals surface area contributed by atoms with E-state index in [9.17, 15) is 0 Å². The lowest BCUT2D eigenvalue weighted by Crippen LogP contribution is -2.22.